The first-order valence-corrected chi connectivity index (χ1v) is 7.96. The fourth-order valence-electron chi connectivity index (χ4n) is 2.01. The third-order valence-corrected chi connectivity index (χ3v) is 5.46. The molecule has 0 aliphatic heterocycles. The molecule has 7 heteroatoms. The van der Waals surface area contributed by atoms with Gasteiger partial charge in [0.25, 0.3) is 0 Å². The Morgan fingerprint density at radius 1 is 1.33 bits per heavy atom. The number of hydrogen-bond donors (Lipinski definition) is 1. The highest BCUT2D eigenvalue weighted by molar-refractivity contribution is 7.89. The lowest BCUT2D eigenvalue weighted by Gasteiger charge is -2.18. The zero-order valence-corrected chi connectivity index (χ0v) is 13.5. The highest BCUT2D eigenvalue weighted by Gasteiger charge is 2.23. The molecule has 0 unspecified atom stereocenters. The van der Waals surface area contributed by atoms with E-state index in [1.807, 2.05) is 20.9 Å². The van der Waals surface area contributed by atoms with Crippen LogP contribution in [0.25, 0.3) is 0 Å². The predicted molar refractivity (Wildman–Crippen MR) is 82.2 cm³/mol. The van der Waals surface area contributed by atoms with Crippen molar-refractivity contribution in [1.82, 2.24) is 13.9 Å². The van der Waals surface area contributed by atoms with E-state index in [2.05, 4.69) is 4.98 Å². The molecule has 2 aromatic rings. The van der Waals surface area contributed by atoms with Crippen molar-refractivity contribution in [2.24, 2.45) is 7.05 Å². The number of anilines is 1. The van der Waals surface area contributed by atoms with E-state index in [9.17, 15) is 8.42 Å². The minimum atomic E-state index is -3.59. The van der Waals surface area contributed by atoms with Crippen molar-refractivity contribution in [3.63, 3.8) is 0 Å². The largest absolute Gasteiger partial charge is 0.398 e. The summed E-state index contributed by atoms with van der Waals surface area (Å²) in [5, 5.41) is 0. The number of nitrogen functional groups attached to an aromatic ring is 1. The van der Waals surface area contributed by atoms with Crippen molar-refractivity contribution >= 4 is 15.7 Å². The number of hydrogen-bond acceptors (Lipinski definition) is 4. The summed E-state index contributed by atoms with van der Waals surface area (Å²) < 4.78 is 28.3. The topological polar surface area (TPSA) is 81.2 Å². The molecule has 0 atom stereocenters. The first-order chi connectivity index (χ1) is 9.73. The van der Waals surface area contributed by atoms with Crippen LogP contribution in [0.2, 0.25) is 0 Å². The molecule has 0 fully saturated rings. The number of aromatic nitrogens is 2. The second-order valence-electron chi connectivity index (χ2n) is 5.17. The second kappa shape index (κ2) is 5.50. The second-order valence-corrected chi connectivity index (χ2v) is 7.21. The third kappa shape index (κ3) is 2.93. The molecule has 0 saturated heterocycles. The quantitative estimate of drug-likeness (QED) is 0.867. The van der Waals surface area contributed by atoms with Crippen LogP contribution >= 0.6 is 0 Å². The van der Waals surface area contributed by atoms with Crippen LogP contribution in [-0.4, -0.2) is 29.3 Å². The molecule has 2 N–H and O–H groups in total. The van der Waals surface area contributed by atoms with Gasteiger partial charge in [-0.1, -0.05) is 0 Å². The standard InChI is InChI=1S/C14H20N4O2S/c1-10-7-12(8-13(15)11(10)2)21(19,20)18(4)9-14-16-5-6-17(14)3/h5-8H,9,15H2,1-4H3. The average Bonchev–Trinajstić information content (AvgIpc) is 2.80. The van der Waals surface area contributed by atoms with Gasteiger partial charge in [-0.2, -0.15) is 4.31 Å². The summed E-state index contributed by atoms with van der Waals surface area (Å²) in [7, 11) is -0.226. The van der Waals surface area contributed by atoms with Crippen molar-refractivity contribution in [3.05, 3.63) is 41.5 Å². The maximum Gasteiger partial charge on any atom is 0.243 e. The zero-order chi connectivity index (χ0) is 15.8. The number of benzene rings is 1. The van der Waals surface area contributed by atoms with Crippen LogP contribution in [0.4, 0.5) is 5.69 Å². The van der Waals surface area contributed by atoms with E-state index < -0.39 is 10.0 Å². The number of nitrogens with two attached hydrogens (primary N) is 1. The summed E-state index contributed by atoms with van der Waals surface area (Å²) in [6, 6.07) is 3.16. The molecular weight excluding hydrogens is 288 g/mol. The van der Waals surface area contributed by atoms with Gasteiger partial charge in [0.05, 0.1) is 11.4 Å². The van der Waals surface area contributed by atoms with Crippen LogP contribution in [0, 0.1) is 13.8 Å². The minimum Gasteiger partial charge on any atom is -0.398 e. The lowest BCUT2D eigenvalue weighted by Crippen LogP contribution is -2.28. The van der Waals surface area contributed by atoms with Crippen LogP contribution in [0.5, 0.6) is 0 Å². The first kappa shape index (κ1) is 15.5. The Balaban J connectivity index is 2.35. The Labute approximate surface area is 125 Å². The van der Waals surface area contributed by atoms with Crippen molar-refractivity contribution < 1.29 is 8.42 Å². The van der Waals surface area contributed by atoms with E-state index >= 15 is 0 Å². The van der Waals surface area contributed by atoms with E-state index in [4.69, 9.17) is 5.73 Å². The molecule has 0 saturated carbocycles. The predicted octanol–water partition coefficient (Wildman–Crippen LogP) is 1.44. The number of nitrogens with zero attached hydrogens (tertiary/aromatic N) is 3. The lowest BCUT2D eigenvalue weighted by atomic mass is 10.1. The molecule has 6 nitrogen and oxygen atoms in total. The van der Waals surface area contributed by atoms with Gasteiger partial charge in [0.2, 0.25) is 10.0 Å². The molecule has 0 amide bonds. The summed E-state index contributed by atoms with van der Waals surface area (Å²) in [6.45, 7) is 3.93. The van der Waals surface area contributed by atoms with Gasteiger partial charge in [0.15, 0.2) is 0 Å². The van der Waals surface area contributed by atoms with Gasteiger partial charge >= 0.3 is 0 Å². The molecule has 21 heavy (non-hydrogen) atoms. The number of imidazole rings is 1. The van der Waals surface area contributed by atoms with Crippen LogP contribution in [0.3, 0.4) is 0 Å². The molecule has 1 aromatic carbocycles. The van der Waals surface area contributed by atoms with Crippen molar-refractivity contribution in [2.75, 3.05) is 12.8 Å². The van der Waals surface area contributed by atoms with E-state index in [1.54, 1.807) is 23.0 Å². The van der Waals surface area contributed by atoms with Gasteiger partial charge in [-0.15, -0.1) is 0 Å². The maximum atomic E-state index is 12.6. The molecule has 0 radical (unpaired) electrons. The summed E-state index contributed by atoms with van der Waals surface area (Å²) in [6.07, 6.45) is 3.42. The molecule has 1 heterocycles. The van der Waals surface area contributed by atoms with Gasteiger partial charge in [0.1, 0.15) is 5.82 Å². The molecule has 1 aromatic heterocycles. The fraction of sp³-hybridized carbons (Fsp3) is 0.357. The van der Waals surface area contributed by atoms with Gasteiger partial charge in [0, 0.05) is 32.2 Å². The maximum absolute atomic E-state index is 12.6. The van der Waals surface area contributed by atoms with E-state index in [0.29, 0.717) is 11.5 Å². The Kier molecular flexibility index (Phi) is 4.06. The van der Waals surface area contributed by atoms with Gasteiger partial charge in [-0.3, -0.25) is 0 Å². The summed E-state index contributed by atoms with van der Waals surface area (Å²) >= 11 is 0. The smallest absolute Gasteiger partial charge is 0.243 e. The van der Waals surface area contributed by atoms with Crippen LogP contribution in [0.1, 0.15) is 17.0 Å². The molecule has 0 aliphatic rings. The third-order valence-electron chi connectivity index (χ3n) is 3.67. The zero-order valence-electron chi connectivity index (χ0n) is 12.7. The van der Waals surface area contributed by atoms with Crippen molar-refractivity contribution in [3.8, 4) is 0 Å². The molecular formula is C14H20N4O2S. The van der Waals surface area contributed by atoms with Crippen molar-refractivity contribution in [1.29, 1.82) is 0 Å². The molecule has 0 aliphatic carbocycles. The highest BCUT2D eigenvalue weighted by Crippen LogP contribution is 2.24. The molecule has 114 valence electrons. The fourth-order valence-corrected chi connectivity index (χ4v) is 3.26. The SMILES string of the molecule is Cc1cc(S(=O)(=O)N(C)Cc2nccn2C)cc(N)c1C. The number of sulfonamides is 1. The number of aryl methyl sites for hydroxylation is 2. The summed E-state index contributed by atoms with van der Waals surface area (Å²) in [5.41, 5.74) is 8.13. The Bertz CT molecular complexity index is 742. The van der Waals surface area contributed by atoms with Gasteiger partial charge < -0.3 is 10.3 Å². The molecule has 0 bridgehead atoms. The van der Waals surface area contributed by atoms with Crippen LogP contribution in [-0.2, 0) is 23.6 Å². The molecule has 0 spiro atoms. The molecule has 2 rings (SSSR count). The minimum absolute atomic E-state index is 0.207. The first-order valence-electron chi connectivity index (χ1n) is 6.52. The monoisotopic (exact) mass is 308 g/mol. The highest BCUT2D eigenvalue weighted by atomic mass is 32.2. The number of rotatable bonds is 4. The van der Waals surface area contributed by atoms with Crippen LogP contribution in [0.15, 0.2) is 29.4 Å². The van der Waals surface area contributed by atoms with Gasteiger partial charge in [-0.05, 0) is 37.1 Å². The van der Waals surface area contributed by atoms with E-state index in [1.165, 1.54) is 17.4 Å². The Morgan fingerprint density at radius 2 is 2.00 bits per heavy atom. The van der Waals surface area contributed by atoms with Crippen LogP contribution < -0.4 is 5.73 Å². The van der Waals surface area contributed by atoms with E-state index in [-0.39, 0.29) is 11.4 Å². The van der Waals surface area contributed by atoms with Gasteiger partial charge in [-0.25, -0.2) is 13.4 Å². The van der Waals surface area contributed by atoms with E-state index in [0.717, 1.165) is 11.1 Å². The normalized spacial score (nSPS) is 12.0. The van der Waals surface area contributed by atoms with Crippen molar-refractivity contribution in [2.45, 2.75) is 25.3 Å². The lowest BCUT2D eigenvalue weighted by molar-refractivity contribution is 0.451. The average molecular weight is 308 g/mol. The Morgan fingerprint density at radius 3 is 2.52 bits per heavy atom. The Hall–Kier alpha value is -1.86. The summed E-state index contributed by atoms with van der Waals surface area (Å²) in [4.78, 5) is 4.35. The summed E-state index contributed by atoms with van der Waals surface area (Å²) in [5.74, 6) is 0.679.